The number of hydrogen-bond donors (Lipinski definition) is 0. The van der Waals surface area contributed by atoms with Crippen molar-refractivity contribution < 1.29 is 8.42 Å². The Balaban J connectivity index is 3.25. The van der Waals surface area contributed by atoms with Crippen molar-refractivity contribution in [1.82, 2.24) is 4.31 Å². The predicted molar refractivity (Wildman–Crippen MR) is 83.9 cm³/mol. The van der Waals surface area contributed by atoms with Crippen molar-refractivity contribution in [3.05, 3.63) is 28.3 Å². The molecule has 0 unspecified atom stereocenters. The zero-order valence-corrected chi connectivity index (χ0v) is 14.3. The fourth-order valence-corrected chi connectivity index (χ4v) is 4.24. The Labute approximate surface area is 129 Å². The van der Waals surface area contributed by atoms with Crippen molar-refractivity contribution >= 4 is 45.0 Å². The molecule has 108 valence electrons. The molecule has 3 nitrogen and oxygen atoms in total. The minimum Gasteiger partial charge on any atom is -0.207 e. The van der Waals surface area contributed by atoms with Crippen LogP contribution in [-0.4, -0.2) is 38.3 Å². The highest BCUT2D eigenvalue weighted by Gasteiger charge is 2.24. The van der Waals surface area contributed by atoms with Crippen molar-refractivity contribution in [2.45, 2.75) is 17.7 Å². The summed E-state index contributed by atoms with van der Waals surface area (Å²) in [4.78, 5) is 0.235. The predicted octanol–water partition coefficient (Wildman–Crippen LogP) is 3.37. The number of hydrogen-bond acceptors (Lipinski definition) is 3. The number of nitrogens with zero attached hydrogens (tertiary/aromatic N) is 1. The van der Waals surface area contributed by atoms with Gasteiger partial charge in [0.05, 0.1) is 4.90 Å². The largest absolute Gasteiger partial charge is 0.243 e. The Kier molecular flexibility index (Phi) is 6.47. The molecule has 1 rings (SSSR count). The average molecular weight is 342 g/mol. The van der Waals surface area contributed by atoms with Gasteiger partial charge in [-0.2, -0.15) is 11.8 Å². The molecule has 1 aromatic rings. The molecule has 0 radical (unpaired) electrons. The molecule has 7 heteroatoms. The normalized spacial score (nSPS) is 12.1. The van der Waals surface area contributed by atoms with Crippen LogP contribution in [0.25, 0.3) is 0 Å². The first-order valence-electron chi connectivity index (χ1n) is 5.64. The van der Waals surface area contributed by atoms with Crippen molar-refractivity contribution in [3.8, 4) is 0 Å². The summed E-state index contributed by atoms with van der Waals surface area (Å²) in [5, 5.41) is 0.387. The van der Waals surface area contributed by atoms with E-state index in [-0.39, 0.29) is 10.8 Å². The summed E-state index contributed by atoms with van der Waals surface area (Å²) in [7, 11) is -1.94. The Hall–Kier alpha value is 0.0600. The summed E-state index contributed by atoms with van der Waals surface area (Å²) in [5.74, 6) is 0.987. The molecule has 0 aromatic heterocycles. The van der Waals surface area contributed by atoms with Gasteiger partial charge in [-0.25, -0.2) is 12.7 Å². The first-order valence-corrected chi connectivity index (χ1v) is 9.39. The summed E-state index contributed by atoms with van der Waals surface area (Å²) in [5.41, 5.74) is 1.40. The van der Waals surface area contributed by atoms with Crippen molar-refractivity contribution in [2.75, 3.05) is 25.6 Å². The minimum absolute atomic E-state index is 0.235. The first kappa shape index (κ1) is 17.1. The lowest BCUT2D eigenvalue weighted by Crippen LogP contribution is -2.29. The second-order valence-corrected chi connectivity index (χ2v) is 7.84. The zero-order chi connectivity index (χ0) is 14.6. The highest BCUT2D eigenvalue weighted by atomic mass is 35.5. The van der Waals surface area contributed by atoms with E-state index in [1.54, 1.807) is 31.8 Å². The molecule has 1 aromatic carbocycles. The van der Waals surface area contributed by atoms with Gasteiger partial charge in [-0.3, -0.25) is 0 Å². The number of thioether (sulfide) groups is 1. The molecule has 19 heavy (non-hydrogen) atoms. The molecule has 0 aliphatic heterocycles. The second-order valence-electron chi connectivity index (χ2n) is 4.14. The fourth-order valence-electron chi connectivity index (χ4n) is 1.62. The van der Waals surface area contributed by atoms with E-state index in [4.69, 9.17) is 23.2 Å². The number of sulfonamides is 1. The van der Waals surface area contributed by atoms with Gasteiger partial charge in [0.1, 0.15) is 0 Å². The molecule has 0 fully saturated rings. The SMILES string of the molecule is CSCCN(C)S(=O)(=O)c1cc(Cl)cc(CCl)c1C. The number of rotatable bonds is 6. The standard InChI is InChI=1S/C12H17Cl2NO2S2/c1-9-10(8-13)6-11(14)7-12(9)19(16,17)15(2)4-5-18-3/h6-7H,4-5,8H2,1-3H3. The smallest absolute Gasteiger partial charge is 0.207 e. The maximum atomic E-state index is 12.5. The van der Waals surface area contributed by atoms with Crippen LogP contribution in [0.4, 0.5) is 0 Å². The Bertz CT molecular complexity index is 547. The van der Waals surface area contributed by atoms with E-state index >= 15 is 0 Å². The van der Waals surface area contributed by atoms with Crippen LogP contribution >= 0.6 is 35.0 Å². The quantitative estimate of drug-likeness (QED) is 0.744. The van der Waals surface area contributed by atoms with Crippen molar-refractivity contribution in [1.29, 1.82) is 0 Å². The fraction of sp³-hybridized carbons (Fsp3) is 0.500. The van der Waals surface area contributed by atoms with Gasteiger partial charge in [-0.15, -0.1) is 11.6 Å². The topological polar surface area (TPSA) is 37.4 Å². The molecule has 0 N–H and O–H groups in total. The second kappa shape index (κ2) is 7.18. The number of halogens is 2. The molecule has 0 atom stereocenters. The van der Waals surface area contributed by atoms with Crippen molar-refractivity contribution in [3.63, 3.8) is 0 Å². The summed E-state index contributed by atoms with van der Waals surface area (Å²) in [6.45, 7) is 2.22. The molecule has 0 bridgehead atoms. The maximum Gasteiger partial charge on any atom is 0.243 e. The van der Waals surface area contributed by atoms with Crippen LogP contribution in [0.2, 0.25) is 5.02 Å². The molecule has 0 aliphatic rings. The van der Waals surface area contributed by atoms with Crippen LogP contribution in [-0.2, 0) is 15.9 Å². The Morgan fingerprint density at radius 1 is 1.37 bits per heavy atom. The van der Waals surface area contributed by atoms with Gasteiger partial charge in [0.25, 0.3) is 0 Å². The van der Waals surface area contributed by atoms with Crippen LogP contribution in [0.3, 0.4) is 0 Å². The van der Waals surface area contributed by atoms with Crippen LogP contribution in [0.5, 0.6) is 0 Å². The molecule has 0 saturated heterocycles. The molecule has 0 spiro atoms. The van der Waals surface area contributed by atoms with Crippen LogP contribution in [0.1, 0.15) is 11.1 Å². The lowest BCUT2D eigenvalue weighted by atomic mass is 10.1. The monoisotopic (exact) mass is 341 g/mol. The third-order valence-electron chi connectivity index (χ3n) is 2.87. The highest BCUT2D eigenvalue weighted by Crippen LogP contribution is 2.27. The van der Waals surface area contributed by atoms with E-state index in [2.05, 4.69) is 0 Å². The first-order chi connectivity index (χ1) is 8.84. The van der Waals surface area contributed by atoms with E-state index in [0.29, 0.717) is 17.1 Å². The van der Waals surface area contributed by atoms with E-state index in [1.165, 1.54) is 10.4 Å². The van der Waals surface area contributed by atoms with Gasteiger partial charge in [0.2, 0.25) is 10.0 Å². The molecule has 0 heterocycles. The van der Waals surface area contributed by atoms with Gasteiger partial charge >= 0.3 is 0 Å². The summed E-state index contributed by atoms with van der Waals surface area (Å²) >= 11 is 13.4. The van der Waals surface area contributed by atoms with Gasteiger partial charge in [0.15, 0.2) is 0 Å². The highest BCUT2D eigenvalue weighted by molar-refractivity contribution is 7.98. The van der Waals surface area contributed by atoms with Crippen LogP contribution in [0, 0.1) is 6.92 Å². The van der Waals surface area contributed by atoms with Gasteiger partial charge in [0, 0.05) is 30.2 Å². The minimum atomic E-state index is -3.52. The van der Waals surface area contributed by atoms with E-state index in [0.717, 1.165) is 11.3 Å². The van der Waals surface area contributed by atoms with Crippen molar-refractivity contribution in [2.24, 2.45) is 0 Å². The van der Waals surface area contributed by atoms with Gasteiger partial charge < -0.3 is 0 Å². The number of alkyl halides is 1. The molecule has 0 amide bonds. The van der Waals surface area contributed by atoms with E-state index in [1.807, 2.05) is 6.26 Å². The number of benzene rings is 1. The summed E-state index contributed by atoms with van der Waals surface area (Å²) in [6, 6.07) is 3.18. The van der Waals surface area contributed by atoms with E-state index < -0.39 is 10.0 Å². The third-order valence-corrected chi connectivity index (χ3v) is 5.95. The lowest BCUT2D eigenvalue weighted by Gasteiger charge is -2.19. The van der Waals surface area contributed by atoms with Crippen LogP contribution < -0.4 is 0 Å². The molecular weight excluding hydrogens is 325 g/mol. The van der Waals surface area contributed by atoms with Gasteiger partial charge in [-0.1, -0.05) is 11.6 Å². The summed E-state index contributed by atoms with van der Waals surface area (Å²) in [6.07, 6.45) is 1.94. The molecule has 0 aliphatic carbocycles. The zero-order valence-electron chi connectivity index (χ0n) is 11.1. The molecular formula is C12H17Cl2NO2S2. The Morgan fingerprint density at radius 3 is 2.53 bits per heavy atom. The Morgan fingerprint density at radius 2 is 2.00 bits per heavy atom. The average Bonchev–Trinajstić information content (AvgIpc) is 2.37. The van der Waals surface area contributed by atoms with E-state index in [9.17, 15) is 8.42 Å². The third kappa shape index (κ3) is 4.02. The molecule has 0 saturated carbocycles. The lowest BCUT2D eigenvalue weighted by molar-refractivity contribution is 0.488. The summed E-state index contributed by atoms with van der Waals surface area (Å²) < 4.78 is 26.3. The maximum absolute atomic E-state index is 12.5. The van der Waals surface area contributed by atoms with Gasteiger partial charge in [-0.05, 0) is 36.4 Å². The van der Waals surface area contributed by atoms with Crippen LogP contribution in [0.15, 0.2) is 17.0 Å².